The van der Waals surface area contributed by atoms with E-state index in [0.717, 1.165) is 42.1 Å². The number of carboxylic acids is 1. The first-order valence-corrected chi connectivity index (χ1v) is 15.1. The summed E-state index contributed by atoms with van der Waals surface area (Å²) in [5, 5.41) is 30.1. The second-order valence-electron chi connectivity index (χ2n) is 11.1. The van der Waals surface area contributed by atoms with Crippen LogP contribution in [0.15, 0.2) is 30.5 Å². The summed E-state index contributed by atoms with van der Waals surface area (Å²) in [6.07, 6.45) is 8.73. The highest BCUT2D eigenvalue weighted by atomic mass is 16.4. The van der Waals surface area contributed by atoms with Crippen molar-refractivity contribution in [2.75, 3.05) is 6.61 Å². The van der Waals surface area contributed by atoms with Crippen LogP contribution in [0.25, 0.3) is 10.9 Å². The number of unbranched alkanes of at least 4 members (excludes halogenated alkanes) is 6. The number of benzene rings is 1. The Hall–Kier alpha value is -3.93. The van der Waals surface area contributed by atoms with E-state index in [1.165, 1.54) is 12.8 Å². The number of amides is 4. The van der Waals surface area contributed by atoms with Crippen LogP contribution in [0.3, 0.4) is 0 Å². The third-order valence-electron chi connectivity index (χ3n) is 7.02. The average molecular weight is 602 g/mol. The zero-order chi connectivity index (χ0) is 31.8. The first kappa shape index (κ1) is 35.3. The molecule has 3 atom stereocenters. The van der Waals surface area contributed by atoms with E-state index < -0.39 is 54.8 Å². The lowest BCUT2D eigenvalue weighted by Crippen LogP contribution is -2.58. The molecule has 3 unspecified atom stereocenters. The largest absolute Gasteiger partial charge is 0.481 e. The number of carboxylic acid groups (broad SMARTS) is 1. The highest BCUT2D eigenvalue weighted by molar-refractivity contribution is 5.96. The fraction of sp³-hybridized carbons (Fsp3) is 0.581. The molecule has 0 saturated carbocycles. The molecule has 238 valence electrons. The number of nitrogens with one attached hydrogen (secondary N) is 5. The molecule has 0 aliphatic rings. The fourth-order valence-corrected chi connectivity index (χ4v) is 4.75. The molecule has 7 N–H and O–H groups in total. The summed E-state index contributed by atoms with van der Waals surface area (Å²) in [6, 6.07) is 3.26. The Kier molecular flexibility index (Phi) is 15.2. The molecule has 0 spiro atoms. The van der Waals surface area contributed by atoms with Crippen LogP contribution in [-0.4, -0.2) is 75.6 Å². The Morgan fingerprint density at radius 2 is 1.40 bits per heavy atom. The molecule has 2 rings (SSSR count). The van der Waals surface area contributed by atoms with Crippen LogP contribution in [0.2, 0.25) is 0 Å². The number of aromatic amines is 1. The third-order valence-corrected chi connectivity index (χ3v) is 7.02. The molecule has 4 amide bonds. The van der Waals surface area contributed by atoms with Gasteiger partial charge in [0.1, 0.15) is 18.1 Å². The van der Waals surface area contributed by atoms with Crippen molar-refractivity contribution < 1.29 is 34.2 Å². The summed E-state index contributed by atoms with van der Waals surface area (Å²) in [7, 11) is 0. The maximum absolute atomic E-state index is 13.4. The van der Waals surface area contributed by atoms with Crippen molar-refractivity contribution in [1.82, 2.24) is 26.3 Å². The summed E-state index contributed by atoms with van der Waals surface area (Å²) >= 11 is 0. The minimum absolute atomic E-state index is 0.122. The predicted molar refractivity (Wildman–Crippen MR) is 163 cm³/mol. The molecule has 1 heterocycles. The standard InChI is InChI=1S/C31H47N5O7/c1-4-5-6-7-8-9-10-15-27(38)34-24(16-21-18-32-23-14-12-11-13-22(21)23)30(42)36-26(19-37)31(43)35-25(17-28(39)40)29(41)33-20(2)3/h11-14,18,20,24-26,32,37H,4-10,15-17,19H2,1-3H3,(H,33,41)(H,34,38)(H,35,43)(H,36,42)(H,39,40). The molecule has 0 saturated heterocycles. The molecule has 12 nitrogen and oxygen atoms in total. The van der Waals surface area contributed by atoms with Crippen molar-refractivity contribution in [2.45, 2.75) is 109 Å². The molecule has 0 aliphatic heterocycles. The highest BCUT2D eigenvalue weighted by Gasteiger charge is 2.31. The van der Waals surface area contributed by atoms with Crippen LogP contribution in [-0.2, 0) is 30.4 Å². The summed E-state index contributed by atoms with van der Waals surface area (Å²) in [5.74, 6) is -3.94. The van der Waals surface area contributed by atoms with Gasteiger partial charge in [0.15, 0.2) is 0 Å². The number of rotatable bonds is 20. The van der Waals surface area contributed by atoms with Crippen molar-refractivity contribution in [3.63, 3.8) is 0 Å². The number of hydrogen-bond acceptors (Lipinski definition) is 6. The number of fused-ring (bicyclic) bond motifs is 1. The van der Waals surface area contributed by atoms with Gasteiger partial charge in [0, 0.05) is 36.0 Å². The third kappa shape index (κ3) is 12.5. The number of aromatic nitrogens is 1. The van der Waals surface area contributed by atoms with E-state index in [2.05, 4.69) is 33.2 Å². The lowest BCUT2D eigenvalue weighted by molar-refractivity contribution is -0.141. The maximum Gasteiger partial charge on any atom is 0.305 e. The number of hydrogen-bond donors (Lipinski definition) is 7. The minimum atomic E-state index is -1.49. The Morgan fingerprint density at radius 1 is 0.791 bits per heavy atom. The van der Waals surface area contributed by atoms with Crippen molar-refractivity contribution in [2.24, 2.45) is 0 Å². The monoisotopic (exact) mass is 601 g/mol. The molecule has 0 aliphatic carbocycles. The normalized spacial score (nSPS) is 13.2. The van der Waals surface area contributed by atoms with Crippen molar-refractivity contribution in [1.29, 1.82) is 0 Å². The van der Waals surface area contributed by atoms with E-state index in [1.54, 1.807) is 20.0 Å². The second-order valence-corrected chi connectivity index (χ2v) is 11.1. The zero-order valence-electron chi connectivity index (χ0n) is 25.4. The van der Waals surface area contributed by atoms with Gasteiger partial charge in [-0.2, -0.15) is 0 Å². The van der Waals surface area contributed by atoms with E-state index in [-0.39, 0.29) is 24.8 Å². The lowest BCUT2D eigenvalue weighted by atomic mass is 10.0. The Labute approximate surface area is 252 Å². The summed E-state index contributed by atoms with van der Waals surface area (Å²) in [5.41, 5.74) is 1.65. The minimum Gasteiger partial charge on any atom is -0.481 e. The SMILES string of the molecule is CCCCCCCCCC(=O)NC(Cc1c[nH]c2ccccc12)C(=O)NC(CO)C(=O)NC(CC(=O)O)C(=O)NC(C)C. The van der Waals surface area contributed by atoms with E-state index in [4.69, 9.17) is 0 Å². The molecule has 1 aromatic carbocycles. The molecular weight excluding hydrogens is 554 g/mol. The van der Waals surface area contributed by atoms with E-state index in [1.807, 2.05) is 24.3 Å². The number of aliphatic carboxylic acids is 1. The Balaban J connectivity index is 2.12. The van der Waals surface area contributed by atoms with Gasteiger partial charge in [-0.1, -0.05) is 63.6 Å². The number of carbonyl (C=O) groups excluding carboxylic acids is 4. The molecule has 12 heteroatoms. The van der Waals surface area contributed by atoms with E-state index in [0.29, 0.717) is 6.42 Å². The van der Waals surface area contributed by atoms with Gasteiger partial charge in [-0.3, -0.25) is 24.0 Å². The van der Waals surface area contributed by atoms with Gasteiger partial charge in [0.2, 0.25) is 23.6 Å². The van der Waals surface area contributed by atoms with E-state index in [9.17, 15) is 34.2 Å². The first-order chi connectivity index (χ1) is 20.5. The van der Waals surface area contributed by atoms with Crippen LogP contribution in [0, 0.1) is 0 Å². The maximum atomic E-state index is 13.4. The number of H-pyrrole nitrogens is 1. The first-order valence-electron chi connectivity index (χ1n) is 15.1. The number of aliphatic hydroxyl groups is 1. The molecule has 0 radical (unpaired) electrons. The molecule has 0 bridgehead atoms. The molecule has 0 fully saturated rings. The van der Waals surface area contributed by atoms with Gasteiger partial charge in [-0.25, -0.2) is 0 Å². The van der Waals surface area contributed by atoms with Crippen molar-refractivity contribution in [3.8, 4) is 0 Å². The molecule has 1 aromatic heterocycles. The number of para-hydroxylation sites is 1. The number of carbonyl (C=O) groups is 5. The lowest BCUT2D eigenvalue weighted by Gasteiger charge is -2.24. The fourth-order valence-electron chi connectivity index (χ4n) is 4.75. The van der Waals surface area contributed by atoms with Crippen molar-refractivity contribution in [3.05, 3.63) is 36.0 Å². The van der Waals surface area contributed by atoms with Gasteiger partial charge in [0.05, 0.1) is 13.0 Å². The number of aliphatic hydroxyl groups excluding tert-OH is 1. The van der Waals surface area contributed by atoms with Gasteiger partial charge in [-0.15, -0.1) is 0 Å². The zero-order valence-corrected chi connectivity index (χ0v) is 25.4. The predicted octanol–water partition coefficient (Wildman–Crippen LogP) is 2.30. The van der Waals surface area contributed by atoms with Crippen LogP contribution in [0.5, 0.6) is 0 Å². The smallest absolute Gasteiger partial charge is 0.305 e. The topological polar surface area (TPSA) is 190 Å². The molecular formula is C31H47N5O7. The van der Waals surface area contributed by atoms with E-state index >= 15 is 0 Å². The van der Waals surface area contributed by atoms with Gasteiger partial charge >= 0.3 is 5.97 Å². The highest BCUT2D eigenvalue weighted by Crippen LogP contribution is 2.19. The van der Waals surface area contributed by atoms with Gasteiger partial charge in [0.25, 0.3) is 0 Å². The quantitative estimate of drug-likeness (QED) is 0.113. The van der Waals surface area contributed by atoms with Gasteiger partial charge < -0.3 is 36.5 Å². The molecule has 43 heavy (non-hydrogen) atoms. The molecule has 2 aromatic rings. The van der Waals surface area contributed by atoms with Crippen LogP contribution < -0.4 is 21.3 Å². The van der Waals surface area contributed by atoms with Crippen LogP contribution >= 0.6 is 0 Å². The van der Waals surface area contributed by atoms with Gasteiger partial charge in [-0.05, 0) is 31.9 Å². The summed E-state index contributed by atoms with van der Waals surface area (Å²) < 4.78 is 0. The van der Waals surface area contributed by atoms with Crippen molar-refractivity contribution >= 4 is 40.5 Å². The average Bonchev–Trinajstić information content (AvgIpc) is 3.36. The summed E-state index contributed by atoms with van der Waals surface area (Å²) in [4.78, 5) is 66.1. The second kappa shape index (κ2) is 18.6. The summed E-state index contributed by atoms with van der Waals surface area (Å²) in [6.45, 7) is 4.72. The Morgan fingerprint density at radius 3 is 2.05 bits per heavy atom. The van der Waals surface area contributed by atoms with Crippen LogP contribution in [0.1, 0.15) is 84.1 Å². The van der Waals surface area contributed by atoms with Crippen LogP contribution in [0.4, 0.5) is 0 Å². The Bertz CT molecular complexity index is 1210.